The van der Waals surface area contributed by atoms with Crippen LogP contribution in [0.25, 0.3) is 17.0 Å². The summed E-state index contributed by atoms with van der Waals surface area (Å²) in [6.07, 6.45) is 5.43. The number of thiazole rings is 1. The largest absolute Gasteiger partial charge is 0.459 e. The first kappa shape index (κ1) is 25.8. The SMILES string of the molecule is CSc1ccc([C@H]2C(C(=O)OC(C)C)=C(C)N=c3s/c(=C\c4cn(CC#N)c5ccccc45)c(=O)n32)cc1. The van der Waals surface area contributed by atoms with Gasteiger partial charge in [0.05, 0.1) is 34.0 Å². The van der Waals surface area contributed by atoms with E-state index < -0.39 is 12.0 Å². The van der Waals surface area contributed by atoms with Crippen LogP contribution >= 0.6 is 23.1 Å². The third kappa shape index (κ3) is 4.62. The first-order chi connectivity index (χ1) is 18.3. The maximum atomic E-state index is 13.9. The van der Waals surface area contributed by atoms with Crippen molar-refractivity contribution in [1.29, 1.82) is 5.26 Å². The first-order valence-electron chi connectivity index (χ1n) is 12.1. The molecule has 0 bridgehead atoms. The van der Waals surface area contributed by atoms with Crippen LogP contribution in [0.1, 0.15) is 37.9 Å². The minimum absolute atomic E-state index is 0.210. The van der Waals surface area contributed by atoms with E-state index in [4.69, 9.17) is 4.74 Å². The Kier molecular flexibility index (Phi) is 7.11. The molecular formula is C29H26N4O3S2. The molecule has 3 heterocycles. The van der Waals surface area contributed by atoms with Crippen LogP contribution in [0.3, 0.4) is 0 Å². The van der Waals surface area contributed by atoms with E-state index in [2.05, 4.69) is 11.1 Å². The number of nitriles is 1. The summed E-state index contributed by atoms with van der Waals surface area (Å²) in [5.41, 5.74) is 3.25. The summed E-state index contributed by atoms with van der Waals surface area (Å²) in [4.78, 5) is 33.5. The number of hydrogen-bond donors (Lipinski definition) is 0. The highest BCUT2D eigenvalue weighted by molar-refractivity contribution is 7.98. The van der Waals surface area contributed by atoms with Gasteiger partial charge in [0, 0.05) is 27.6 Å². The second kappa shape index (κ2) is 10.5. The predicted octanol–water partition coefficient (Wildman–Crippen LogP) is 4.39. The average Bonchev–Trinajstić information content (AvgIpc) is 3.40. The molecule has 1 aliphatic heterocycles. The number of hydrogen-bond acceptors (Lipinski definition) is 7. The molecule has 7 nitrogen and oxygen atoms in total. The van der Waals surface area contributed by atoms with Crippen LogP contribution in [0.5, 0.6) is 0 Å². The van der Waals surface area contributed by atoms with Crippen molar-refractivity contribution in [2.45, 2.75) is 44.4 Å². The number of carbonyl (C=O) groups is 1. The normalized spacial score (nSPS) is 15.5. The van der Waals surface area contributed by atoms with Gasteiger partial charge in [-0.2, -0.15) is 5.26 Å². The van der Waals surface area contributed by atoms with Crippen molar-refractivity contribution in [3.05, 3.63) is 96.8 Å². The fraction of sp³-hybridized carbons (Fsp3) is 0.241. The Labute approximate surface area is 228 Å². The van der Waals surface area contributed by atoms with Gasteiger partial charge in [0.25, 0.3) is 5.56 Å². The van der Waals surface area contributed by atoms with Crippen LogP contribution < -0.4 is 14.9 Å². The van der Waals surface area contributed by atoms with Gasteiger partial charge in [-0.05, 0) is 56.9 Å². The Bertz CT molecular complexity index is 1800. The molecule has 0 radical (unpaired) electrons. The molecule has 38 heavy (non-hydrogen) atoms. The number of benzene rings is 2. The highest BCUT2D eigenvalue weighted by Crippen LogP contribution is 2.32. The number of para-hydroxylation sites is 1. The number of thioether (sulfide) groups is 1. The number of ether oxygens (including phenoxy) is 1. The van der Waals surface area contributed by atoms with Gasteiger partial charge in [0.1, 0.15) is 6.54 Å². The Balaban J connectivity index is 1.72. The molecule has 0 saturated carbocycles. The molecule has 9 heteroatoms. The molecule has 0 fully saturated rings. The molecule has 5 rings (SSSR count). The van der Waals surface area contributed by atoms with Crippen molar-refractivity contribution in [2.24, 2.45) is 4.99 Å². The van der Waals surface area contributed by atoms with Gasteiger partial charge in [0.2, 0.25) is 0 Å². The Morgan fingerprint density at radius 2 is 1.97 bits per heavy atom. The molecular weight excluding hydrogens is 516 g/mol. The van der Waals surface area contributed by atoms with Gasteiger partial charge in [-0.25, -0.2) is 9.79 Å². The molecule has 4 aromatic rings. The zero-order chi connectivity index (χ0) is 27.0. The monoisotopic (exact) mass is 542 g/mol. The Hall–Kier alpha value is -3.87. The van der Waals surface area contributed by atoms with Gasteiger partial charge in [0.15, 0.2) is 4.80 Å². The molecule has 1 atom stereocenters. The minimum Gasteiger partial charge on any atom is -0.459 e. The minimum atomic E-state index is -0.657. The standard InChI is InChI=1S/C29H26N4O3S2/c1-17(2)36-28(35)25-18(3)31-29-33(26(25)19-9-11-21(37-4)12-10-19)27(34)24(38-29)15-20-16-32(14-13-30)23-8-6-5-7-22(20)23/h5-12,15-17,26H,14H2,1-4H3/b24-15-/t26-/m0/s1. The summed E-state index contributed by atoms with van der Waals surface area (Å²) in [6, 6.07) is 17.2. The van der Waals surface area contributed by atoms with E-state index in [1.165, 1.54) is 11.3 Å². The molecule has 0 amide bonds. The van der Waals surface area contributed by atoms with Crippen LogP contribution in [0.2, 0.25) is 0 Å². The maximum absolute atomic E-state index is 13.9. The van der Waals surface area contributed by atoms with E-state index in [9.17, 15) is 14.9 Å². The molecule has 0 spiro atoms. The second-order valence-electron chi connectivity index (χ2n) is 9.20. The van der Waals surface area contributed by atoms with Crippen LogP contribution in [0.15, 0.2) is 80.7 Å². The number of nitrogens with zero attached hydrogens (tertiary/aromatic N) is 4. The second-order valence-corrected chi connectivity index (χ2v) is 11.1. The molecule has 1 aliphatic rings. The van der Waals surface area contributed by atoms with E-state index in [-0.39, 0.29) is 18.2 Å². The summed E-state index contributed by atoms with van der Waals surface area (Å²) in [6.45, 7) is 5.59. The molecule has 0 aliphatic carbocycles. The first-order valence-corrected chi connectivity index (χ1v) is 14.2. The molecule has 0 saturated heterocycles. The summed E-state index contributed by atoms with van der Waals surface area (Å²) < 4.78 is 9.55. The number of aromatic nitrogens is 2. The fourth-order valence-corrected chi connectivity index (χ4v) is 6.15. The summed E-state index contributed by atoms with van der Waals surface area (Å²) in [5, 5.41) is 10.2. The van der Waals surface area contributed by atoms with Crippen molar-refractivity contribution < 1.29 is 9.53 Å². The smallest absolute Gasteiger partial charge is 0.338 e. The highest BCUT2D eigenvalue weighted by Gasteiger charge is 2.33. The molecule has 0 N–H and O–H groups in total. The van der Waals surface area contributed by atoms with E-state index in [0.717, 1.165) is 26.9 Å². The van der Waals surface area contributed by atoms with Gasteiger partial charge < -0.3 is 9.30 Å². The molecule has 192 valence electrons. The van der Waals surface area contributed by atoms with Crippen LogP contribution in [-0.2, 0) is 16.1 Å². The van der Waals surface area contributed by atoms with Crippen molar-refractivity contribution in [1.82, 2.24) is 9.13 Å². The van der Waals surface area contributed by atoms with Crippen molar-refractivity contribution in [2.75, 3.05) is 6.26 Å². The lowest BCUT2D eigenvalue weighted by Gasteiger charge is -2.25. The van der Waals surface area contributed by atoms with Gasteiger partial charge in [-0.1, -0.05) is 41.7 Å². The summed E-state index contributed by atoms with van der Waals surface area (Å²) >= 11 is 2.91. The van der Waals surface area contributed by atoms with E-state index in [0.29, 0.717) is 20.6 Å². The lowest BCUT2D eigenvalue weighted by atomic mass is 9.96. The zero-order valence-electron chi connectivity index (χ0n) is 21.5. The average molecular weight is 543 g/mol. The topological polar surface area (TPSA) is 89.4 Å². The van der Waals surface area contributed by atoms with Crippen molar-refractivity contribution in [3.63, 3.8) is 0 Å². The lowest BCUT2D eigenvalue weighted by Crippen LogP contribution is -2.40. The van der Waals surface area contributed by atoms with Crippen LogP contribution in [-0.4, -0.2) is 27.5 Å². The van der Waals surface area contributed by atoms with Crippen molar-refractivity contribution >= 4 is 46.0 Å². The molecule has 2 aromatic heterocycles. The quantitative estimate of drug-likeness (QED) is 0.266. The van der Waals surface area contributed by atoms with Crippen LogP contribution in [0.4, 0.5) is 0 Å². The highest BCUT2D eigenvalue weighted by atomic mass is 32.2. The zero-order valence-corrected chi connectivity index (χ0v) is 23.1. The number of allylic oxidation sites excluding steroid dienone is 1. The summed E-state index contributed by atoms with van der Waals surface area (Å²) in [5.74, 6) is -0.478. The van der Waals surface area contributed by atoms with Gasteiger partial charge in [-0.3, -0.25) is 9.36 Å². The number of rotatable bonds is 6. The van der Waals surface area contributed by atoms with E-state index in [1.54, 1.807) is 37.1 Å². The van der Waals surface area contributed by atoms with Gasteiger partial charge >= 0.3 is 5.97 Å². The number of carbonyl (C=O) groups excluding carboxylic acids is 1. The lowest BCUT2D eigenvalue weighted by molar-refractivity contribution is -0.143. The Morgan fingerprint density at radius 1 is 1.24 bits per heavy atom. The third-order valence-electron chi connectivity index (χ3n) is 6.36. The van der Waals surface area contributed by atoms with Gasteiger partial charge in [-0.15, -0.1) is 11.8 Å². The Morgan fingerprint density at radius 3 is 2.66 bits per heavy atom. The fourth-order valence-electron chi connectivity index (χ4n) is 4.70. The molecule has 2 aromatic carbocycles. The van der Waals surface area contributed by atoms with E-state index >= 15 is 0 Å². The van der Waals surface area contributed by atoms with Crippen LogP contribution in [0, 0.1) is 11.3 Å². The predicted molar refractivity (Wildman–Crippen MR) is 151 cm³/mol. The third-order valence-corrected chi connectivity index (χ3v) is 8.09. The van der Waals surface area contributed by atoms with Crippen molar-refractivity contribution in [3.8, 4) is 6.07 Å². The summed E-state index contributed by atoms with van der Waals surface area (Å²) in [7, 11) is 0. The number of fused-ring (bicyclic) bond motifs is 2. The molecule has 0 unspecified atom stereocenters. The maximum Gasteiger partial charge on any atom is 0.338 e. The van der Waals surface area contributed by atoms with E-state index in [1.807, 2.05) is 71.6 Å². The number of esters is 1.